The van der Waals surface area contributed by atoms with Crippen LogP contribution in [0, 0.1) is 13.8 Å². The molecule has 1 N–H and O–H groups in total. The normalized spacial score (nSPS) is 12.5. The van der Waals surface area contributed by atoms with Crippen molar-refractivity contribution in [3.63, 3.8) is 0 Å². The van der Waals surface area contributed by atoms with Crippen molar-refractivity contribution >= 4 is 33.1 Å². The fourth-order valence-corrected chi connectivity index (χ4v) is 3.90. The van der Waals surface area contributed by atoms with Crippen LogP contribution in [0.15, 0.2) is 42.5 Å². The molecular weight excluding hydrogens is 330 g/mol. The van der Waals surface area contributed by atoms with Gasteiger partial charge in [0.05, 0.1) is 22.8 Å². The number of benzene rings is 2. The molecule has 1 heterocycles. The van der Waals surface area contributed by atoms with Crippen molar-refractivity contribution in [1.82, 2.24) is 9.88 Å². The summed E-state index contributed by atoms with van der Waals surface area (Å²) < 4.78 is 1.18. The fourth-order valence-electron chi connectivity index (χ4n) is 2.81. The number of anilines is 1. The first-order valence-corrected chi connectivity index (χ1v) is 9.19. The van der Waals surface area contributed by atoms with Crippen LogP contribution in [0.2, 0.25) is 0 Å². The van der Waals surface area contributed by atoms with Crippen molar-refractivity contribution in [1.29, 1.82) is 0 Å². The topological polar surface area (TPSA) is 45.2 Å². The van der Waals surface area contributed by atoms with Crippen molar-refractivity contribution in [2.45, 2.75) is 26.8 Å². The lowest BCUT2D eigenvalue weighted by atomic mass is 10.1. The molecule has 1 amide bonds. The number of likely N-dealkylation sites (N-methyl/N-ethyl adjacent to an activating group) is 1. The molecule has 2 aromatic carbocycles. The smallest absolute Gasteiger partial charge is 0.238 e. The first-order chi connectivity index (χ1) is 12.0. The summed E-state index contributed by atoms with van der Waals surface area (Å²) in [4.78, 5) is 19.2. The number of rotatable bonds is 5. The lowest BCUT2D eigenvalue weighted by molar-refractivity contribution is -0.117. The minimum atomic E-state index is -0.00661. The summed E-state index contributed by atoms with van der Waals surface area (Å²) in [7, 11) is 1.96. The average Bonchev–Trinajstić information content (AvgIpc) is 3.01. The number of aromatic nitrogens is 1. The maximum atomic E-state index is 12.5. The van der Waals surface area contributed by atoms with Gasteiger partial charge in [-0.2, -0.15) is 0 Å². The molecular formula is C20H23N3OS. The van der Waals surface area contributed by atoms with Gasteiger partial charge < -0.3 is 5.32 Å². The van der Waals surface area contributed by atoms with Crippen molar-refractivity contribution < 1.29 is 4.79 Å². The number of thiazole rings is 1. The highest BCUT2D eigenvalue weighted by atomic mass is 32.1. The van der Waals surface area contributed by atoms with Crippen LogP contribution in [0.5, 0.6) is 0 Å². The Kier molecular flexibility index (Phi) is 5.16. The van der Waals surface area contributed by atoms with Crippen LogP contribution in [0.25, 0.3) is 10.2 Å². The van der Waals surface area contributed by atoms with Gasteiger partial charge in [-0.1, -0.05) is 30.3 Å². The third kappa shape index (κ3) is 3.89. The second-order valence-electron chi connectivity index (χ2n) is 6.43. The van der Waals surface area contributed by atoms with Gasteiger partial charge in [0, 0.05) is 5.69 Å². The maximum absolute atomic E-state index is 12.5. The molecule has 0 fully saturated rings. The number of aryl methyl sites for hydroxylation is 2. The summed E-state index contributed by atoms with van der Waals surface area (Å²) in [5.41, 5.74) is 4.08. The molecule has 0 radical (unpaired) electrons. The summed E-state index contributed by atoms with van der Waals surface area (Å²) in [5.74, 6) is -0.00661. The largest absolute Gasteiger partial charge is 0.324 e. The molecule has 0 unspecified atom stereocenters. The van der Waals surface area contributed by atoms with Gasteiger partial charge in [-0.05, 0) is 51.1 Å². The molecule has 0 spiro atoms. The molecule has 3 rings (SSSR count). The van der Waals surface area contributed by atoms with Gasteiger partial charge in [-0.25, -0.2) is 4.98 Å². The highest BCUT2D eigenvalue weighted by Crippen LogP contribution is 2.28. The first-order valence-electron chi connectivity index (χ1n) is 8.37. The molecule has 0 aliphatic heterocycles. The monoisotopic (exact) mass is 353 g/mol. The number of carbonyl (C=O) groups is 1. The van der Waals surface area contributed by atoms with E-state index in [1.165, 1.54) is 4.70 Å². The van der Waals surface area contributed by atoms with E-state index >= 15 is 0 Å². The van der Waals surface area contributed by atoms with E-state index in [1.807, 2.05) is 62.2 Å². The quantitative estimate of drug-likeness (QED) is 0.732. The van der Waals surface area contributed by atoms with Gasteiger partial charge in [0.2, 0.25) is 5.91 Å². The number of nitrogens with zero attached hydrogens (tertiary/aromatic N) is 2. The highest BCUT2D eigenvalue weighted by molar-refractivity contribution is 7.18. The molecule has 25 heavy (non-hydrogen) atoms. The van der Waals surface area contributed by atoms with E-state index in [9.17, 15) is 4.79 Å². The van der Waals surface area contributed by atoms with Crippen molar-refractivity contribution in [3.8, 4) is 0 Å². The van der Waals surface area contributed by atoms with Crippen molar-refractivity contribution in [3.05, 3.63) is 58.6 Å². The van der Waals surface area contributed by atoms with E-state index in [-0.39, 0.29) is 11.9 Å². The zero-order chi connectivity index (χ0) is 18.0. The summed E-state index contributed by atoms with van der Waals surface area (Å²) >= 11 is 1.69. The number of hydrogen-bond donors (Lipinski definition) is 1. The summed E-state index contributed by atoms with van der Waals surface area (Å²) in [6.07, 6.45) is 0. The molecule has 130 valence electrons. The molecule has 3 aromatic rings. The minimum Gasteiger partial charge on any atom is -0.324 e. The third-order valence-electron chi connectivity index (χ3n) is 4.47. The summed E-state index contributed by atoms with van der Waals surface area (Å²) in [5, 5.41) is 4.08. The Balaban J connectivity index is 1.68. The molecule has 0 saturated heterocycles. The van der Waals surface area contributed by atoms with E-state index in [4.69, 9.17) is 4.98 Å². The number of carbonyl (C=O) groups excluding carboxylic acids is 1. The van der Waals surface area contributed by atoms with E-state index in [0.29, 0.717) is 6.54 Å². The highest BCUT2D eigenvalue weighted by Gasteiger charge is 2.19. The Morgan fingerprint density at radius 1 is 1.16 bits per heavy atom. The molecule has 0 bridgehead atoms. The van der Waals surface area contributed by atoms with E-state index in [0.717, 1.165) is 27.3 Å². The second-order valence-corrected chi connectivity index (χ2v) is 7.49. The Labute approximate surface area is 152 Å². The van der Waals surface area contributed by atoms with Crippen LogP contribution in [-0.4, -0.2) is 29.4 Å². The van der Waals surface area contributed by atoms with E-state index in [2.05, 4.69) is 18.3 Å². The number of para-hydroxylation sites is 2. The van der Waals surface area contributed by atoms with Gasteiger partial charge in [-0.3, -0.25) is 9.69 Å². The molecule has 0 aliphatic rings. The molecule has 0 saturated carbocycles. The van der Waals surface area contributed by atoms with E-state index in [1.54, 1.807) is 11.3 Å². The lowest BCUT2D eigenvalue weighted by Gasteiger charge is -2.22. The molecule has 1 aromatic heterocycles. The first kappa shape index (κ1) is 17.6. The fraction of sp³-hybridized carbons (Fsp3) is 0.300. The number of amides is 1. The van der Waals surface area contributed by atoms with E-state index < -0.39 is 0 Å². The number of hydrogen-bond acceptors (Lipinski definition) is 4. The predicted octanol–water partition coefficient (Wildman–Crippen LogP) is 4.54. The third-order valence-corrected chi connectivity index (χ3v) is 5.67. The second kappa shape index (κ2) is 7.33. The number of nitrogens with one attached hydrogen (secondary N) is 1. The van der Waals surface area contributed by atoms with Gasteiger partial charge in [-0.15, -0.1) is 11.3 Å². The predicted molar refractivity (Wildman–Crippen MR) is 105 cm³/mol. The molecule has 0 aliphatic carbocycles. The van der Waals surface area contributed by atoms with Crippen LogP contribution < -0.4 is 5.32 Å². The van der Waals surface area contributed by atoms with Gasteiger partial charge in [0.1, 0.15) is 5.01 Å². The average molecular weight is 353 g/mol. The molecule has 1 atom stereocenters. The van der Waals surface area contributed by atoms with Crippen LogP contribution in [0.3, 0.4) is 0 Å². The minimum absolute atomic E-state index is 0.00661. The summed E-state index contributed by atoms with van der Waals surface area (Å²) in [6.45, 7) is 6.43. The van der Waals surface area contributed by atoms with Crippen molar-refractivity contribution in [2.24, 2.45) is 0 Å². The summed E-state index contributed by atoms with van der Waals surface area (Å²) in [6, 6.07) is 14.2. The Morgan fingerprint density at radius 3 is 2.52 bits per heavy atom. The van der Waals surface area contributed by atoms with Crippen LogP contribution in [0.4, 0.5) is 5.69 Å². The van der Waals surface area contributed by atoms with Crippen LogP contribution >= 0.6 is 11.3 Å². The Hall–Kier alpha value is -2.24. The Morgan fingerprint density at radius 2 is 1.84 bits per heavy atom. The standard InChI is InChI=1S/C20H23N3OS/c1-13-8-7-9-14(2)19(13)22-18(24)12-23(4)15(3)20-21-16-10-5-6-11-17(16)25-20/h5-11,15H,12H2,1-4H3,(H,22,24)/t15-/m1/s1. The van der Waals surface area contributed by atoms with Gasteiger partial charge in [0.25, 0.3) is 0 Å². The molecule has 5 heteroatoms. The zero-order valence-corrected chi connectivity index (χ0v) is 15.9. The lowest BCUT2D eigenvalue weighted by Crippen LogP contribution is -2.32. The SMILES string of the molecule is Cc1cccc(C)c1NC(=O)CN(C)[C@H](C)c1nc2ccccc2s1. The van der Waals surface area contributed by atoms with Crippen LogP contribution in [0.1, 0.15) is 29.1 Å². The van der Waals surface area contributed by atoms with Gasteiger partial charge >= 0.3 is 0 Å². The van der Waals surface area contributed by atoms with Crippen LogP contribution in [-0.2, 0) is 4.79 Å². The zero-order valence-electron chi connectivity index (χ0n) is 15.0. The van der Waals surface area contributed by atoms with Crippen molar-refractivity contribution in [2.75, 3.05) is 18.9 Å². The Bertz CT molecular complexity index is 850. The van der Waals surface area contributed by atoms with Gasteiger partial charge in [0.15, 0.2) is 0 Å². The number of fused-ring (bicyclic) bond motifs is 1. The molecule has 4 nitrogen and oxygen atoms in total. The maximum Gasteiger partial charge on any atom is 0.238 e.